The Balaban J connectivity index is 1.93. The highest BCUT2D eigenvalue weighted by atomic mass is 16.5. The van der Waals surface area contributed by atoms with Gasteiger partial charge in [-0.3, -0.25) is 4.79 Å². The van der Waals surface area contributed by atoms with Gasteiger partial charge in [-0.05, 0) is 31.1 Å². The number of hydrogen-bond acceptors (Lipinski definition) is 3. The molecule has 1 heterocycles. The molecule has 122 valence electrons. The van der Waals surface area contributed by atoms with Crippen molar-refractivity contribution in [1.29, 1.82) is 0 Å². The van der Waals surface area contributed by atoms with E-state index < -0.39 is 0 Å². The average molecular weight is 296 g/mol. The summed E-state index contributed by atoms with van der Waals surface area (Å²) in [7, 11) is 0. The fourth-order valence-corrected chi connectivity index (χ4v) is 3.82. The van der Waals surface area contributed by atoms with Crippen LogP contribution in [0.25, 0.3) is 0 Å². The Morgan fingerprint density at radius 2 is 1.81 bits per heavy atom. The highest BCUT2D eigenvalue weighted by Crippen LogP contribution is 2.38. The monoisotopic (exact) mass is 296 g/mol. The van der Waals surface area contributed by atoms with Crippen LogP contribution in [0.2, 0.25) is 0 Å². The lowest BCUT2D eigenvalue weighted by atomic mass is 9.69. The third-order valence-corrected chi connectivity index (χ3v) is 5.04. The van der Waals surface area contributed by atoms with Crippen molar-refractivity contribution in [1.82, 2.24) is 10.2 Å². The quantitative estimate of drug-likeness (QED) is 0.869. The molecule has 0 aromatic heterocycles. The summed E-state index contributed by atoms with van der Waals surface area (Å²) in [5.74, 6) is 0.891. The molecule has 1 aliphatic carbocycles. The summed E-state index contributed by atoms with van der Waals surface area (Å²) in [6, 6.07) is 0.384. The van der Waals surface area contributed by atoms with Crippen LogP contribution >= 0.6 is 0 Å². The Hall–Kier alpha value is -0.610. The van der Waals surface area contributed by atoms with Gasteiger partial charge < -0.3 is 15.0 Å². The first-order valence-electron chi connectivity index (χ1n) is 8.52. The summed E-state index contributed by atoms with van der Waals surface area (Å²) in [5.41, 5.74) is 0.305. The Morgan fingerprint density at radius 1 is 1.19 bits per heavy atom. The number of ether oxygens (including phenoxy) is 1. The number of hydrogen-bond donors (Lipinski definition) is 1. The highest BCUT2D eigenvalue weighted by Gasteiger charge is 2.35. The van der Waals surface area contributed by atoms with Gasteiger partial charge in [0, 0.05) is 19.1 Å². The summed E-state index contributed by atoms with van der Waals surface area (Å²) in [6.07, 6.45) is 5.08. The van der Waals surface area contributed by atoms with Gasteiger partial charge in [0.25, 0.3) is 0 Å². The Kier molecular flexibility index (Phi) is 5.67. The maximum Gasteiger partial charge on any atom is 0.239 e. The minimum Gasteiger partial charge on any atom is -0.378 e. The van der Waals surface area contributed by atoms with Crippen molar-refractivity contribution >= 4 is 5.91 Å². The summed E-state index contributed by atoms with van der Waals surface area (Å²) in [5, 5.41) is 3.64. The molecule has 2 fully saturated rings. The van der Waals surface area contributed by atoms with Gasteiger partial charge in [-0.15, -0.1) is 0 Å². The second kappa shape index (κ2) is 7.10. The van der Waals surface area contributed by atoms with E-state index in [2.05, 4.69) is 26.1 Å². The summed E-state index contributed by atoms with van der Waals surface area (Å²) < 4.78 is 5.33. The first-order valence-corrected chi connectivity index (χ1v) is 8.52. The van der Waals surface area contributed by atoms with Crippen molar-refractivity contribution in [3.63, 3.8) is 0 Å². The van der Waals surface area contributed by atoms with Crippen LogP contribution in [-0.2, 0) is 9.53 Å². The lowest BCUT2D eigenvalue weighted by Gasteiger charge is -2.42. The second-order valence-corrected chi connectivity index (χ2v) is 7.69. The molecular formula is C17H32N2O2. The van der Waals surface area contributed by atoms with Crippen LogP contribution in [0.1, 0.15) is 53.4 Å². The van der Waals surface area contributed by atoms with Crippen LogP contribution in [0.15, 0.2) is 0 Å². The van der Waals surface area contributed by atoms with E-state index in [0.29, 0.717) is 30.6 Å². The molecule has 21 heavy (non-hydrogen) atoms. The maximum atomic E-state index is 12.5. The zero-order valence-electron chi connectivity index (χ0n) is 14.2. The van der Waals surface area contributed by atoms with Gasteiger partial charge in [0.15, 0.2) is 0 Å². The van der Waals surface area contributed by atoms with E-state index in [1.807, 2.05) is 11.8 Å². The van der Waals surface area contributed by atoms with Crippen molar-refractivity contribution in [2.45, 2.75) is 65.5 Å². The second-order valence-electron chi connectivity index (χ2n) is 7.69. The molecule has 3 unspecified atom stereocenters. The van der Waals surface area contributed by atoms with Gasteiger partial charge >= 0.3 is 0 Å². The number of carbonyl (C=O) groups excluding carboxylic acids is 1. The van der Waals surface area contributed by atoms with E-state index in [9.17, 15) is 4.79 Å². The lowest BCUT2D eigenvalue weighted by Crippen LogP contribution is -2.54. The van der Waals surface area contributed by atoms with E-state index in [4.69, 9.17) is 4.74 Å². The molecule has 1 saturated carbocycles. The van der Waals surface area contributed by atoms with E-state index in [1.165, 1.54) is 25.7 Å². The lowest BCUT2D eigenvalue weighted by molar-refractivity contribution is -0.137. The molecule has 1 N–H and O–H groups in total. The van der Waals surface area contributed by atoms with Crippen molar-refractivity contribution in [2.24, 2.45) is 11.3 Å². The van der Waals surface area contributed by atoms with E-state index in [1.54, 1.807) is 0 Å². The van der Waals surface area contributed by atoms with Gasteiger partial charge in [-0.1, -0.05) is 33.6 Å². The van der Waals surface area contributed by atoms with Gasteiger partial charge in [-0.2, -0.15) is 0 Å². The molecule has 0 aromatic carbocycles. The third-order valence-electron chi connectivity index (χ3n) is 5.04. The fraction of sp³-hybridized carbons (Fsp3) is 0.941. The van der Waals surface area contributed by atoms with Crippen LogP contribution < -0.4 is 5.32 Å². The standard InChI is InChI=1S/C17H32N2O2/c1-13(16(20)19-9-11-21-12-10-19)18-15-8-6-5-7-14(15)17(2,3)4/h13-15,18H,5-12H2,1-4H3. The molecule has 4 heteroatoms. The predicted molar refractivity (Wildman–Crippen MR) is 85.2 cm³/mol. The molecule has 0 bridgehead atoms. The predicted octanol–water partition coefficient (Wildman–Crippen LogP) is 2.43. The van der Waals surface area contributed by atoms with Crippen LogP contribution in [0, 0.1) is 11.3 Å². The van der Waals surface area contributed by atoms with E-state index in [-0.39, 0.29) is 11.9 Å². The Labute approximate surface area is 129 Å². The first kappa shape index (κ1) is 16.8. The van der Waals surface area contributed by atoms with Gasteiger partial charge in [0.1, 0.15) is 0 Å². The molecular weight excluding hydrogens is 264 g/mol. The van der Waals surface area contributed by atoms with E-state index in [0.717, 1.165) is 13.1 Å². The molecule has 1 amide bonds. The molecule has 3 atom stereocenters. The minimum absolute atomic E-state index is 0.0870. The molecule has 2 aliphatic rings. The normalized spacial score (nSPS) is 29.2. The number of nitrogens with zero attached hydrogens (tertiary/aromatic N) is 1. The maximum absolute atomic E-state index is 12.5. The van der Waals surface area contributed by atoms with Crippen LogP contribution in [-0.4, -0.2) is 49.2 Å². The SMILES string of the molecule is CC(NC1CCCCC1C(C)(C)C)C(=O)N1CCOCC1. The van der Waals surface area contributed by atoms with Gasteiger partial charge in [-0.25, -0.2) is 0 Å². The summed E-state index contributed by atoms with van der Waals surface area (Å²) in [6.45, 7) is 11.8. The van der Waals surface area contributed by atoms with Crippen LogP contribution in [0.4, 0.5) is 0 Å². The molecule has 1 aliphatic heterocycles. The highest BCUT2D eigenvalue weighted by molar-refractivity contribution is 5.81. The minimum atomic E-state index is -0.0870. The van der Waals surface area contributed by atoms with Crippen molar-refractivity contribution in [3.8, 4) is 0 Å². The van der Waals surface area contributed by atoms with Crippen molar-refractivity contribution in [2.75, 3.05) is 26.3 Å². The Morgan fingerprint density at radius 3 is 2.43 bits per heavy atom. The third kappa shape index (κ3) is 4.43. The summed E-state index contributed by atoms with van der Waals surface area (Å²) >= 11 is 0. The number of amides is 1. The molecule has 0 spiro atoms. The number of rotatable bonds is 3. The van der Waals surface area contributed by atoms with Crippen LogP contribution in [0.5, 0.6) is 0 Å². The number of carbonyl (C=O) groups is 1. The molecule has 2 rings (SSSR count). The Bertz CT molecular complexity index is 345. The van der Waals surface area contributed by atoms with Crippen LogP contribution in [0.3, 0.4) is 0 Å². The largest absolute Gasteiger partial charge is 0.378 e. The number of morpholine rings is 1. The first-order chi connectivity index (χ1) is 9.89. The average Bonchev–Trinajstić information content (AvgIpc) is 2.47. The molecule has 0 radical (unpaired) electrons. The van der Waals surface area contributed by atoms with Crippen molar-refractivity contribution < 1.29 is 9.53 Å². The van der Waals surface area contributed by atoms with E-state index >= 15 is 0 Å². The molecule has 1 saturated heterocycles. The fourth-order valence-electron chi connectivity index (χ4n) is 3.82. The molecule has 4 nitrogen and oxygen atoms in total. The zero-order chi connectivity index (χ0) is 15.5. The zero-order valence-corrected chi connectivity index (χ0v) is 14.2. The molecule has 0 aromatic rings. The summed E-state index contributed by atoms with van der Waals surface area (Å²) in [4.78, 5) is 14.5. The van der Waals surface area contributed by atoms with Gasteiger partial charge in [0.05, 0.1) is 19.3 Å². The number of nitrogens with one attached hydrogen (secondary N) is 1. The smallest absolute Gasteiger partial charge is 0.239 e. The van der Waals surface area contributed by atoms with Crippen molar-refractivity contribution in [3.05, 3.63) is 0 Å². The van der Waals surface area contributed by atoms with Gasteiger partial charge in [0.2, 0.25) is 5.91 Å². The topological polar surface area (TPSA) is 41.6 Å².